The predicted molar refractivity (Wildman–Crippen MR) is 110 cm³/mol. The van der Waals surface area contributed by atoms with Gasteiger partial charge in [-0.3, -0.25) is 0 Å². The highest BCUT2D eigenvalue weighted by Crippen LogP contribution is 2.29. The lowest BCUT2D eigenvalue weighted by Crippen LogP contribution is -2.47. The molecular weight excluding hydrogens is 358 g/mol. The largest absolute Gasteiger partial charge is 0.465 e. The first-order valence-electron chi connectivity index (χ1n) is 10.9. The molecule has 28 heavy (non-hydrogen) atoms. The molecule has 2 fully saturated rings. The molecule has 0 bridgehead atoms. The summed E-state index contributed by atoms with van der Waals surface area (Å²) in [6.07, 6.45) is 7.06. The van der Waals surface area contributed by atoms with E-state index in [9.17, 15) is 9.59 Å². The molecule has 2 saturated carbocycles. The summed E-state index contributed by atoms with van der Waals surface area (Å²) >= 11 is 0. The molecule has 0 aliphatic heterocycles. The molecule has 7 nitrogen and oxygen atoms in total. The molecular formula is C21H39N3O4. The number of alkyl carbamates (subject to hydrolysis) is 1. The van der Waals surface area contributed by atoms with Gasteiger partial charge in [0.1, 0.15) is 5.60 Å². The molecule has 0 aromatic rings. The van der Waals surface area contributed by atoms with Crippen molar-refractivity contribution >= 4 is 12.2 Å². The number of hydrogen-bond acceptors (Lipinski definition) is 4. The first-order chi connectivity index (χ1) is 13.2. The minimum Gasteiger partial charge on any atom is -0.465 e. The Morgan fingerprint density at radius 3 is 2.00 bits per heavy atom. The van der Waals surface area contributed by atoms with Gasteiger partial charge >= 0.3 is 12.2 Å². The number of rotatable bonds is 6. The minimum atomic E-state index is -0.907. The molecule has 2 aliphatic rings. The highest BCUT2D eigenvalue weighted by atomic mass is 16.6. The van der Waals surface area contributed by atoms with Crippen molar-refractivity contribution in [2.75, 3.05) is 13.1 Å². The van der Waals surface area contributed by atoms with Crippen LogP contribution in [0.2, 0.25) is 0 Å². The number of nitrogens with zero attached hydrogens (tertiary/aromatic N) is 1. The molecule has 2 amide bonds. The Balaban J connectivity index is 1.72. The molecule has 162 valence electrons. The average molecular weight is 398 g/mol. The second-order valence-electron chi connectivity index (χ2n) is 9.41. The van der Waals surface area contributed by atoms with Crippen LogP contribution < -0.4 is 10.6 Å². The number of carboxylic acid groups (broad SMARTS) is 1. The molecule has 0 aromatic heterocycles. The van der Waals surface area contributed by atoms with Crippen molar-refractivity contribution in [1.29, 1.82) is 0 Å². The van der Waals surface area contributed by atoms with Crippen LogP contribution in [0.1, 0.15) is 79.1 Å². The maximum absolute atomic E-state index is 12.0. The van der Waals surface area contributed by atoms with Crippen LogP contribution in [0.3, 0.4) is 0 Å². The van der Waals surface area contributed by atoms with E-state index in [1.54, 1.807) is 0 Å². The third-order valence-electron chi connectivity index (χ3n) is 6.01. The maximum atomic E-state index is 12.0. The van der Waals surface area contributed by atoms with Crippen LogP contribution in [-0.4, -0.2) is 59.0 Å². The lowest BCUT2D eigenvalue weighted by atomic mass is 9.84. The highest BCUT2D eigenvalue weighted by Gasteiger charge is 2.30. The van der Waals surface area contributed by atoms with Crippen molar-refractivity contribution in [3.63, 3.8) is 0 Å². The van der Waals surface area contributed by atoms with E-state index in [-0.39, 0.29) is 18.2 Å². The van der Waals surface area contributed by atoms with Crippen molar-refractivity contribution in [2.24, 2.45) is 5.92 Å². The molecule has 0 atom stereocenters. The molecule has 3 N–H and O–H groups in total. The SMILES string of the molecule is CCN(CC1CCC(NC(=O)O)CC1)C1CCC(NC(=O)OC(C)(C)C)CC1. The van der Waals surface area contributed by atoms with Gasteiger partial charge in [-0.2, -0.15) is 0 Å². The predicted octanol–water partition coefficient (Wildman–Crippen LogP) is 3.97. The van der Waals surface area contributed by atoms with Crippen molar-refractivity contribution < 1.29 is 19.4 Å². The number of carbonyl (C=O) groups excluding carboxylic acids is 1. The number of nitrogens with one attached hydrogen (secondary N) is 2. The fraction of sp³-hybridized carbons (Fsp3) is 0.905. The van der Waals surface area contributed by atoms with Crippen LogP contribution in [0.25, 0.3) is 0 Å². The zero-order valence-corrected chi connectivity index (χ0v) is 18.0. The van der Waals surface area contributed by atoms with Gasteiger partial charge in [-0.25, -0.2) is 9.59 Å². The minimum absolute atomic E-state index is 0.123. The Bertz CT molecular complexity index is 504. The van der Waals surface area contributed by atoms with Gasteiger partial charge in [0, 0.05) is 24.7 Å². The fourth-order valence-corrected chi connectivity index (χ4v) is 4.59. The van der Waals surface area contributed by atoms with Gasteiger partial charge in [-0.05, 0) is 84.6 Å². The summed E-state index contributed by atoms with van der Waals surface area (Å²) in [5.74, 6) is 0.657. The maximum Gasteiger partial charge on any atom is 0.407 e. The lowest BCUT2D eigenvalue weighted by molar-refractivity contribution is 0.0471. The van der Waals surface area contributed by atoms with Crippen LogP contribution in [0, 0.1) is 5.92 Å². The van der Waals surface area contributed by atoms with E-state index in [2.05, 4.69) is 22.5 Å². The van der Waals surface area contributed by atoms with E-state index >= 15 is 0 Å². The summed E-state index contributed by atoms with van der Waals surface area (Å²) < 4.78 is 5.37. The lowest BCUT2D eigenvalue weighted by Gasteiger charge is -2.39. The summed E-state index contributed by atoms with van der Waals surface area (Å²) in [5, 5.41) is 14.5. The van der Waals surface area contributed by atoms with Gasteiger partial charge in [-0.1, -0.05) is 6.92 Å². The van der Waals surface area contributed by atoms with E-state index in [4.69, 9.17) is 9.84 Å². The quantitative estimate of drug-likeness (QED) is 0.631. The molecule has 0 spiro atoms. The Kier molecular flexibility index (Phi) is 8.40. The van der Waals surface area contributed by atoms with Gasteiger partial charge < -0.3 is 25.4 Å². The highest BCUT2D eigenvalue weighted by molar-refractivity contribution is 5.68. The molecule has 0 unspecified atom stereocenters. The smallest absolute Gasteiger partial charge is 0.407 e. The van der Waals surface area contributed by atoms with Gasteiger partial charge in [-0.15, -0.1) is 0 Å². The van der Waals surface area contributed by atoms with E-state index in [1.165, 1.54) is 0 Å². The van der Waals surface area contributed by atoms with Crippen LogP contribution in [-0.2, 0) is 4.74 Å². The van der Waals surface area contributed by atoms with Crippen LogP contribution in [0.15, 0.2) is 0 Å². The van der Waals surface area contributed by atoms with Crippen LogP contribution >= 0.6 is 0 Å². The summed E-state index contributed by atoms with van der Waals surface area (Å²) in [6, 6.07) is 0.914. The van der Waals surface area contributed by atoms with Crippen LogP contribution in [0.4, 0.5) is 9.59 Å². The van der Waals surface area contributed by atoms with E-state index in [1.807, 2.05) is 20.8 Å². The third kappa shape index (κ3) is 7.86. The molecule has 2 aliphatic carbocycles. The van der Waals surface area contributed by atoms with Crippen LogP contribution in [0.5, 0.6) is 0 Å². The van der Waals surface area contributed by atoms with Crippen molar-refractivity contribution in [1.82, 2.24) is 15.5 Å². The zero-order valence-electron chi connectivity index (χ0n) is 18.0. The Morgan fingerprint density at radius 2 is 1.50 bits per heavy atom. The van der Waals surface area contributed by atoms with Crippen molar-refractivity contribution in [3.05, 3.63) is 0 Å². The number of amides is 2. The molecule has 0 heterocycles. The van der Waals surface area contributed by atoms with Gasteiger partial charge in [0.05, 0.1) is 0 Å². The first-order valence-corrected chi connectivity index (χ1v) is 10.9. The third-order valence-corrected chi connectivity index (χ3v) is 6.01. The number of ether oxygens (including phenoxy) is 1. The zero-order chi connectivity index (χ0) is 20.7. The summed E-state index contributed by atoms with van der Waals surface area (Å²) in [6.45, 7) is 10.0. The van der Waals surface area contributed by atoms with E-state index < -0.39 is 11.7 Å². The Hall–Kier alpha value is -1.50. The number of hydrogen-bond donors (Lipinski definition) is 3. The second kappa shape index (κ2) is 10.3. The van der Waals surface area contributed by atoms with Gasteiger partial charge in [0.2, 0.25) is 0 Å². The fourth-order valence-electron chi connectivity index (χ4n) is 4.59. The molecule has 0 radical (unpaired) electrons. The standard InChI is InChI=1S/C21H39N3O4/c1-5-24(14-15-6-8-16(9-7-15)22-19(25)26)18-12-10-17(11-13-18)23-20(27)28-21(2,3)4/h15-18,22H,5-14H2,1-4H3,(H,23,27)(H,25,26). The topological polar surface area (TPSA) is 90.9 Å². The normalized spacial score (nSPS) is 28.6. The Morgan fingerprint density at radius 1 is 0.964 bits per heavy atom. The van der Waals surface area contributed by atoms with E-state index in [0.29, 0.717) is 12.0 Å². The summed E-state index contributed by atoms with van der Waals surface area (Å²) in [7, 11) is 0. The van der Waals surface area contributed by atoms with Crippen molar-refractivity contribution in [3.8, 4) is 0 Å². The molecule has 2 rings (SSSR count). The van der Waals surface area contributed by atoms with Crippen molar-refractivity contribution in [2.45, 2.75) is 103 Å². The van der Waals surface area contributed by atoms with Gasteiger partial charge in [0.25, 0.3) is 0 Å². The second-order valence-corrected chi connectivity index (χ2v) is 9.41. The van der Waals surface area contributed by atoms with Gasteiger partial charge in [0.15, 0.2) is 0 Å². The molecule has 0 saturated heterocycles. The number of carbonyl (C=O) groups is 2. The molecule has 7 heteroatoms. The summed E-state index contributed by atoms with van der Waals surface area (Å²) in [5.41, 5.74) is -0.459. The molecule has 0 aromatic carbocycles. The Labute approximate surface area is 169 Å². The summed E-state index contributed by atoms with van der Waals surface area (Å²) in [4.78, 5) is 25.4. The first kappa shape index (κ1) is 22.8. The average Bonchev–Trinajstić information content (AvgIpc) is 2.60. The monoisotopic (exact) mass is 397 g/mol. The van der Waals surface area contributed by atoms with E-state index in [0.717, 1.165) is 64.5 Å².